The highest BCUT2D eigenvalue weighted by molar-refractivity contribution is 7.98. The quantitative estimate of drug-likeness (QED) is 0.489. The monoisotopic (exact) mass is 332 g/mol. The molecule has 0 radical (unpaired) electrons. The van der Waals surface area contributed by atoms with Crippen molar-refractivity contribution in [3.8, 4) is 0 Å². The molecule has 108 valence electrons. The smallest absolute Gasteiger partial charge is 0.128 e. The maximum atomic E-state index is 4.57. The van der Waals surface area contributed by atoms with Crippen LogP contribution in [0.4, 0.5) is 0 Å². The van der Waals surface area contributed by atoms with Crippen molar-refractivity contribution in [3.63, 3.8) is 0 Å². The summed E-state index contributed by atoms with van der Waals surface area (Å²) >= 11 is 5.55. The lowest BCUT2D eigenvalue weighted by Crippen LogP contribution is -2.08. The molecule has 4 rings (SSSR count). The van der Waals surface area contributed by atoms with Gasteiger partial charge in [-0.25, -0.2) is 9.97 Å². The molecule has 3 heterocycles. The number of thioether (sulfide) groups is 1. The number of aromatic nitrogens is 2. The molecule has 1 unspecified atom stereocenters. The molecular weight excluding hydrogens is 316 g/mol. The lowest BCUT2D eigenvalue weighted by molar-refractivity contribution is 0.509. The summed E-state index contributed by atoms with van der Waals surface area (Å²) in [5.41, 5.74) is 1.53. The predicted octanol–water partition coefficient (Wildman–Crippen LogP) is 5.17. The topological polar surface area (TPSA) is 25.8 Å². The Morgan fingerprint density at radius 2 is 2.33 bits per heavy atom. The first kappa shape index (κ1) is 13.7. The average molecular weight is 333 g/mol. The molecular formula is C16H16N2S3. The third-order valence-corrected chi connectivity index (χ3v) is 7.25. The minimum absolute atomic E-state index is 0.806. The van der Waals surface area contributed by atoms with E-state index in [2.05, 4.69) is 34.4 Å². The van der Waals surface area contributed by atoms with Gasteiger partial charge in [0, 0.05) is 20.9 Å². The standard InChI is InChI=1S/C16H16N2S3/c1-10-4-5-12-13(7-10)21-16-14(12)15(17-9-18-16)20-8-11-3-2-6-19-11/h2-3,6,9-10H,4-5,7-8H2,1H3. The zero-order valence-electron chi connectivity index (χ0n) is 11.8. The summed E-state index contributed by atoms with van der Waals surface area (Å²) in [6, 6.07) is 4.31. The molecule has 0 saturated carbocycles. The molecule has 0 N–H and O–H groups in total. The Morgan fingerprint density at radius 1 is 1.38 bits per heavy atom. The van der Waals surface area contributed by atoms with E-state index in [4.69, 9.17) is 0 Å². The van der Waals surface area contributed by atoms with Crippen LogP contribution in [0.25, 0.3) is 10.2 Å². The van der Waals surface area contributed by atoms with Gasteiger partial charge in [-0.1, -0.05) is 13.0 Å². The number of rotatable bonds is 3. The SMILES string of the molecule is CC1CCc2c(sc3ncnc(SCc4cccs4)c23)C1. The van der Waals surface area contributed by atoms with Crippen molar-refractivity contribution in [2.75, 3.05) is 0 Å². The largest absolute Gasteiger partial charge is 0.229 e. The third kappa shape index (κ3) is 2.62. The summed E-state index contributed by atoms with van der Waals surface area (Å²) < 4.78 is 0. The Bertz CT molecular complexity index is 761. The minimum atomic E-state index is 0.806. The summed E-state index contributed by atoms with van der Waals surface area (Å²) in [5, 5.41) is 4.64. The van der Waals surface area contributed by atoms with E-state index in [0.717, 1.165) is 11.7 Å². The molecule has 1 atom stereocenters. The summed E-state index contributed by atoms with van der Waals surface area (Å²) in [4.78, 5) is 13.2. The van der Waals surface area contributed by atoms with Gasteiger partial charge in [0.25, 0.3) is 0 Å². The second kappa shape index (κ2) is 5.71. The van der Waals surface area contributed by atoms with Crippen LogP contribution < -0.4 is 0 Å². The van der Waals surface area contributed by atoms with Gasteiger partial charge in [-0.2, -0.15) is 0 Å². The van der Waals surface area contributed by atoms with E-state index in [1.165, 1.54) is 44.9 Å². The third-order valence-electron chi connectivity index (χ3n) is 3.99. The maximum Gasteiger partial charge on any atom is 0.128 e. The van der Waals surface area contributed by atoms with E-state index in [-0.39, 0.29) is 0 Å². The normalized spacial score (nSPS) is 18.0. The summed E-state index contributed by atoms with van der Waals surface area (Å²) in [5.74, 6) is 1.81. The molecule has 5 heteroatoms. The predicted molar refractivity (Wildman–Crippen MR) is 92.5 cm³/mol. The van der Waals surface area contributed by atoms with Crippen molar-refractivity contribution in [1.29, 1.82) is 0 Å². The average Bonchev–Trinajstić information content (AvgIpc) is 3.11. The molecule has 3 aromatic heterocycles. The van der Waals surface area contributed by atoms with E-state index >= 15 is 0 Å². The van der Waals surface area contributed by atoms with Crippen LogP contribution in [0.3, 0.4) is 0 Å². The molecule has 2 nitrogen and oxygen atoms in total. The Hall–Kier alpha value is -0.910. The van der Waals surface area contributed by atoms with Gasteiger partial charge in [0.2, 0.25) is 0 Å². The highest BCUT2D eigenvalue weighted by atomic mass is 32.2. The van der Waals surface area contributed by atoms with Crippen molar-refractivity contribution < 1.29 is 0 Å². The van der Waals surface area contributed by atoms with E-state index in [9.17, 15) is 0 Å². The Morgan fingerprint density at radius 3 is 3.19 bits per heavy atom. The highest BCUT2D eigenvalue weighted by Crippen LogP contribution is 2.41. The van der Waals surface area contributed by atoms with E-state index < -0.39 is 0 Å². The Balaban J connectivity index is 1.72. The van der Waals surface area contributed by atoms with Crippen LogP contribution in [0.1, 0.15) is 28.7 Å². The molecule has 21 heavy (non-hydrogen) atoms. The second-order valence-electron chi connectivity index (χ2n) is 5.58. The van der Waals surface area contributed by atoms with Gasteiger partial charge < -0.3 is 0 Å². The highest BCUT2D eigenvalue weighted by Gasteiger charge is 2.23. The fourth-order valence-corrected chi connectivity index (χ4v) is 6.10. The first-order chi connectivity index (χ1) is 10.3. The van der Waals surface area contributed by atoms with Gasteiger partial charge in [0.15, 0.2) is 0 Å². The molecule has 0 amide bonds. The molecule has 0 fully saturated rings. The van der Waals surface area contributed by atoms with E-state index in [1.807, 2.05) is 34.4 Å². The van der Waals surface area contributed by atoms with Crippen LogP contribution in [0.5, 0.6) is 0 Å². The number of thiophene rings is 2. The van der Waals surface area contributed by atoms with Crippen LogP contribution in [0, 0.1) is 5.92 Å². The molecule has 0 saturated heterocycles. The Kier molecular flexibility index (Phi) is 3.73. The van der Waals surface area contributed by atoms with Gasteiger partial charge in [-0.15, -0.1) is 34.4 Å². The summed E-state index contributed by atoms with van der Waals surface area (Å²) in [7, 11) is 0. The number of aryl methyl sites for hydroxylation is 1. The number of fused-ring (bicyclic) bond motifs is 3. The van der Waals surface area contributed by atoms with Crippen LogP contribution in [-0.2, 0) is 18.6 Å². The zero-order chi connectivity index (χ0) is 14.2. The van der Waals surface area contributed by atoms with E-state index in [1.54, 1.807) is 11.2 Å². The van der Waals surface area contributed by atoms with Gasteiger partial charge in [0.1, 0.15) is 16.2 Å². The molecule has 0 aliphatic heterocycles. The van der Waals surface area contributed by atoms with E-state index in [0.29, 0.717) is 0 Å². The molecule has 0 spiro atoms. The van der Waals surface area contributed by atoms with Crippen molar-refractivity contribution in [1.82, 2.24) is 9.97 Å². The molecule has 1 aliphatic rings. The van der Waals surface area contributed by atoms with Gasteiger partial charge in [-0.3, -0.25) is 0 Å². The number of hydrogen-bond donors (Lipinski definition) is 0. The lowest BCUT2D eigenvalue weighted by atomic mass is 9.89. The fraction of sp³-hybridized carbons (Fsp3) is 0.375. The van der Waals surface area contributed by atoms with Crippen LogP contribution >= 0.6 is 34.4 Å². The number of nitrogens with zero attached hydrogens (tertiary/aromatic N) is 2. The van der Waals surface area contributed by atoms with Gasteiger partial charge in [-0.05, 0) is 42.2 Å². The van der Waals surface area contributed by atoms with Crippen molar-refractivity contribution in [2.45, 2.75) is 37.0 Å². The van der Waals surface area contributed by atoms with Crippen molar-refractivity contribution >= 4 is 44.7 Å². The molecule has 1 aliphatic carbocycles. The first-order valence-corrected chi connectivity index (χ1v) is 9.90. The minimum Gasteiger partial charge on any atom is -0.229 e. The van der Waals surface area contributed by atoms with Crippen molar-refractivity contribution in [2.24, 2.45) is 5.92 Å². The fourth-order valence-electron chi connectivity index (χ4n) is 2.89. The van der Waals surface area contributed by atoms with Crippen LogP contribution in [0.2, 0.25) is 0 Å². The second-order valence-corrected chi connectivity index (χ2v) is 8.66. The lowest BCUT2D eigenvalue weighted by Gasteiger charge is -2.18. The number of hydrogen-bond acceptors (Lipinski definition) is 5. The van der Waals surface area contributed by atoms with Gasteiger partial charge >= 0.3 is 0 Å². The molecule has 3 aromatic rings. The Labute approximate surface area is 136 Å². The maximum absolute atomic E-state index is 4.57. The van der Waals surface area contributed by atoms with Gasteiger partial charge in [0.05, 0.1) is 0 Å². The summed E-state index contributed by atoms with van der Waals surface area (Å²) in [6.45, 7) is 2.35. The summed E-state index contributed by atoms with van der Waals surface area (Å²) in [6.07, 6.45) is 5.43. The van der Waals surface area contributed by atoms with Crippen molar-refractivity contribution in [3.05, 3.63) is 39.2 Å². The van der Waals surface area contributed by atoms with Crippen LogP contribution in [-0.4, -0.2) is 9.97 Å². The zero-order valence-corrected chi connectivity index (χ0v) is 14.3. The van der Waals surface area contributed by atoms with Crippen LogP contribution in [0.15, 0.2) is 28.9 Å². The molecule has 0 bridgehead atoms. The molecule has 0 aromatic carbocycles. The first-order valence-electron chi connectivity index (χ1n) is 7.21.